The van der Waals surface area contributed by atoms with Gasteiger partial charge in [0.2, 0.25) is 0 Å². The number of carbonyl (C=O) groups is 1. The molecule has 0 aliphatic carbocycles. The fourth-order valence-electron chi connectivity index (χ4n) is 2.34. The van der Waals surface area contributed by atoms with Crippen LogP contribution in [0.1, 0.15) is 19.4 Å². The minimum atomic E-state index is -0.333. The summed E-state index contributed by atoms with van der Waals surface area (Å²) in [5.41, 5.74) is 2.20. The number of hydrogen-bond donors (Lipinski definition) is 1. The maximum atomic E-state index is 12.8. The second-order valence-corrected chi connectivity index (χ2v) is 5.36. The van der Waals surface area contributed by atoms with Gasteiger partial charge in [0.25, 0.3) is 5.91 Å². The van der Waals surface area contributed by atoms with Crippen LogP contribution in [0.4, 0.5) is 10.1 Å². The summed E-state index contributed by atoms with van der Waals surface area (Å²) in [4.78, 5) is 14.1. The Labute approximate surface area is 142 Å². The predicted molar refractivity (Wildman–Crippen MR) is 93.7 cm³/mol. The van der Waals surface area contributed by atoms with Crippen LogP contribution in [-0.4, -0.2) is 25.6 Å². The standard InChI is InChI=1S/C19H23FN2O2/c1-3-22(4-2)17-9-5-15(6-10-17)13-21-19(23)14-24-18-11-7-16(20)8-12-18/h5-12H,3-4,13-14H2,1-2H3,(H,21,23). The molecule has 0 aromatic heterocycles. The quantitative estimate of drug-likeness (QED) is 0.807. The van der Waals surface area contributed by atoms with E-state index in [1.807, 2.05) is 12.1 Å². The molecule has 1 N–H and O–H groups in total. The lowest BCUT2D eigenvalue weighted by atomic mass is 10.2. The predicted octanol–water partition coefficient (Wildman–Crippen LogP) is 3.37. The van der Waals surface area contributed by atoms with E-state index in [2.05, 4.69) is 36.2 Å². The molecule has 0 heterocycles. The summed E-state index contributed by atoms with van der Waals surface area (Å²) < 4.78 is 18.1. The molecular formula is C19H23FN2O2. The molecule has 24 heavy (non-hydrogen) atoms. The molecule has 1 amide bonds. The normalized spacial score (nSPS) is 10.3. The van der Waals surface area contributed by atoms with Crippen LogP contribution in [0.2, 0.25) is 0 Å². The smallest absolute Gasteiger partial charge is 0.258 e. The molecule has 0 bridgehead atoms. The van der Waals surface area contributed by atoms with Crippen molar-refractivity contribution >= 4 is 11.6 Å². The lowest BCUT2D eigenvalue weighted by Crippen LogP contribution is -2.28. The fourth-order valence-corrected chi connectivity index (χ4v) is 2.34. The Morgan fingerprint density at radius 2 is 1.67 bits per heavy atom. The Hall–Kier alpha value is -2.56. The molecule has 2 rings (SSSR count). The number of amides is 1. The van der Waals surface area contributed by atoms with Crippen LogP contribution in [0, 0.1) is 5.82 Å². The molecule has 2 aromatic carbocycles. The second-order valence-electron chi connectivity index (χ2n) is 5.36. The SMILES string of the molecule is CCN(CC)c1ccc(CNC(=O)COc2ccc(F)cc2)cc1. The van der Waals surface area contributed by atoms with Crippen molar-refractivity contribution in [2.24, 2.45) is 0 Å². The Kier molecular flexibility index (Phi) is 6.61. The maximum absolute atomic E-state index is 12.8. The second kappa shape index (κ2) is 8.91. The molecule has 0 aliphatic rings. The average molecular weight is 330 g/mol. The van der Waals surface area contributed by atoms with E-state index in [1.165, 1.54) is 30.0 Å². The van der Waals surface area contributed by atoms with E-state index in [-0.39, 0.29) is 18.3 Å². The largest absolute Gasteiger partial charge is 0.484 e. The van der Waals surface area contributed by atoms with E-state index >= 15 is 0 Å². The van der Waals surface area contributed by atoms with Crippen molar-refractivity contribution in [1.29, 1.82) is 0 Å². The maximum Gasteiger partial charge on any atom is 0.258 e. The zero-order valence-corrected chi connectivity index (χ0v) is 14.1. The molecule has 2 aromatic rings. The molecule has 0 radical (unpaired) electrons. The Balaban J connectivity index is 1.78. The van der Waals surface area contributed by atoms with Gasteiger partial charge in [-0.1, -0.05) is 12.1 Å². The number of ether oxygens (including phenoxy) is 1. The van der Waals surface area contributed by atoms with Gasteiger partial charge in [-0.3, -0.25) is 4.79 Å². The number of anilines is 1. The van der Waals surface area contributed by atoms with Crippen molar-refractivity contribution < 1.29 is 13.9 Å². The highest BCUT2D eigenvalue weighted by molar-refractivity contribution is 5.77. The van der Waals surface area contributed by atoms with Crippen molar-refractivity contribution in [2.45, 2.75) is 20.4 Å². The lowest BCUT2D eigenvalue weighted by Gasteiger charge is -2.21. The highest BCUT2D eigenvalue weighted by Crippen LogP contribution is 2.15. The minimum absolute atomic E-state index is 0.0941. The summed E-state index contributed by atoms with van der Waals surface area (Å²) in [7, 11) is 0. The Morgan fingerprint density at radius 3 is 2.25 bits per heavy atom. The van der Waals surface area contributed by atoms with E-state index in [9.17, 15) is 9.18 Å². The van der Waals surface area contributed by atoms with Gasteiger partial charge in [-0.05, 0) is 55.8 Å². The van der Waals surface area contributed by atoms with E-state index in [4.69, 9.17) is 4.74 Å². The molecule has 0 atom stereocenters. The molecular weight excluding hydrogens is 307 g/mol. The van der Waals surface area contributed by atoms with Gasteiger partial charge in [-0.2, -0.15) is 0 Å². The third-order valence-electron chi connectivity index (χ3n) is 3.74. The van der Waals surface area contributed by atoms with Crippen LogP contribution in [0.5, 0.6) is 5.75 Å². The van der Waals surface area contributed by atoms with Crippen molar-refractivity contribution in [1.82, 2.24) is 5.32 Å². The highest BCUT2D eigenvalue weighted by Gasteiger charge is 2.05. The monoisotopic (exact) mass is 330 g/mol. The van der Waals surface area contributed by atoms with Gasteiger partial charge >= 0.3 is 0 Å². The minimum Gasteiger partial charge on any atom is -0.484 e. The lowest BCUT2D eigenvalue weighted by molar-refractivity contribution is -0.123. The molecule has 4 nitrogen and oxygen atoms in total. The summed E-state index contributed by atoms with van der Waals surface area (Å²) in [5.74, 6) is -0.0813. The summed E-state index contributed by atoms with van der Waals surface area (Å²) in [6.45, 7) is 6.53. The molecule has 0 fully saturated rings. The van der Waals surface area contributed by atoms with E-state index in [0.717, 1.165) is 18.7 Å². The molecule has 0 saturated carbocycles. The van der Waals surface area contributed by atoms with Crippen LogP contribution in [0.3, 0.4) is 0 Å². The third-order valence-corrected chi connectivity index (χ3v) is 3.74. The number of carbonyl (C=O) groups excluding carboxylic acids is 1. The first kappa shape index (κ1) is 17.8. The zero-order chi connectivity index (χ0) is 17.4. The first-order valence-electron chi connectivity index (χ1n) is 8.11. The summed E-state index contributed by atoms with van der Waals surface area (Å²) >= 11 is 0. The molecule has 5 heteroatoms. The molecule has 0 saturated heterocycles. The van der Waals surface area contributed by atoms with Gasteiger partial charge < -0.3 is 15.0 Å². The van der Waals surface area contributed by atoms with Crippen LogP contribution in [0.25, 0.3) is 0 Å². The third kappa shape index (κ3) is 5.26. The molecule has 0 spiro atoms. The Morgan fingerprint density at radius 1 is 1.04 bits per heavy atom. The van der Waals surface area contributed by atoms with Gasteiger partial charge in [-0.25, -0.2) is 4.39 Å². The van der Waals surface area contributed by atoms with Gasteiger partial charge in [0.05, 0.1) is 0 Å². The van der Waals surface area contributed by atoms with Gasteiger partial charge in [-0.15, -0.1) is 0 Å². The zero-order valence-electron chi connectivity index (χ0n) is 14.1. The first-order valence-corrected chi connectivity index (χ1v) is 8.11. The van der Waals surface area contributed by atoms with Crippen molar-refractivity contribution in [3.8, 4) is 5.75 Å². The highest BCUT2D eigenvalue weighted by atomic mass is 19.1. The van der Waals surface area contributed by atoms with Gasteiger partial charge in [0.15, 0.2) is 6.61 Å². The van der Waals surface area contributed by atoms with Crippen LogP contribution >= 0.6 is 0 Å². The van der Waals surface area contributed by atoms with Crippen LogP contribution in [0.15, 0.2) is 48.5 Å². The van der Waals surface area contributed by atoms with Crippen molar-refractivity contribution in [3.63, 3.8) is 0 Å². The average Bonchev–Trinajstić information content (AvgIpc) is 2.61. The van der Waals surface area contributed by atoms with Crippen molar-refractivity contribution in [2.75, 3.05) is 24.6 Å². The molecule has 0 aliphatic heterocycles. The number of benzene rings is 2. The first-order chi connectivity index (χ1) is 11.6. The molecule has 0 unspecified atom stereocenters. The number of halogens is 1. The van der Waals surface area contributed by atoms with E-state index < -0.39 is 0 Å². The number of rotatable bonds is 8. The van der Waals surface area contributed by atoms with Crippen LogP contribution < -0.4 is 15.0 Å². The van der Waals surface area contributed by atoms with E-state index in [1.54, 1.807) is 0 Å². The Bertz CT molecular complexity index is 637. The number of hydrogen-bond acceptors (Lipinski definition) is 3. The van der Waals surface area contributed by atoms with Crippen molar-refractivity contribution in [3.05, 3.63) is 59.9 Å². The molecule has 128 valence electrons. The summed E-state index contributed by atoms with van der Waals surface area (Å²) in [5, 5.41) is 2.81. The topological polar surface area (TPSA) is 41.6 Å². The van der Waals surface area contributed by atoms with E-state index in [0.29, 0.717) is 12.3 Å². The van der Waals surface area contributed by atoms with Gasteiger partial charge in [0, 0.05) is 25.3 Å². The summed E-state index contributed by atoms with van der Waals surface area (Å²) in [6, 6.07) is 13.7. The van der Waals surface area contributed by atoms with Gasteiger partial charge in [0.1, 0.15) is 11.6 Å². The number of nitrogens with zero attached hydrogens (tertiary/aromatic N) is 1. The summed E-state index contributed by atoms with van der Waals surface area (Å²) in [6.07, 6.45) is 0. The number of nitrogens with one attached hydrogen (secondary N) is 1. The van der Waals surface area contributed by atoms with Crippen LogP contribution in [-0.2, 0) is 11.3 Å². The fraction of sp³-hybridized carbons (Fsp3) is 0.316.